The Kier molecular flexibility index (Phi) is 4.92. The smallest absolute Gasteiger partial charge is 0.257 e. The molecule has 0 bridgehead atoms. The summed E-state index contributed by atoms with van der Waals surface area (Å²) in [5.74, 6) is 0.320. The summed E-state index contributed by atoms with van der Waals surface area (Å²) in [7, 11) is 1.55. The molecule has 1 N–H and O–H groups in total. The number of carbonyl (C=O) groups excluding carboxylic acids is 1. The van der Waals surface area contributed by atoms with Crippen molar-refractivity contribution in [3.05, 3.63) is 77.1 Å². The molecule has 1 atom stereocenters. The van der Waals surface area contributed by atoms with Crippen molar-refractivity contribution in [2.24, 2.45) is 0 Å². The first-order chi connectivity index (χ1) is 13.6. The van der Waals surface area contributed by atoms with Crippen LogP contribution in [0.1, 0.15) is 22.8 Å². The molecule has 2 heterocycles. The Labute approximate surface area is 168 Å². The lowest BCUT2D eigenvalue weighted by molar-refractivity contribution is 0.102. The van der Waals surface area contributed by atoms with Gasteiger partial charge in [0.15, 0.2) is 0 Å². The SMILES string of the molecule is COc1ccc(NC(=O)c2cncc(N3c4ccccc4CC3C)c2)cc1Cl. The second kappa shape index (κ2) is 7.52. The Morgan fingerprint density at radius 2 is 2.04 bits per heavy atom. The van der Waals surface area contributed by atoms with Crippen molar-refractivity contribution >= 4 is 34.6 Å². The molecule has 142 valence electrons. The molecule has 0 radical (unpaired) electrons. The van der Waals surface area contributed by atoms with E-state index in [9.17, 15) is 4.79 Å². The van der Waals surface area contributed by atoms with E-state index in [1.807, 2.05) is 12.1 Å². The van der Waals surface area contributed by atoms with Crippen molar-refractivity contribution in [3.8, 4) is 5.75 Å². The monoisotopic (exact) mass is 393 g/mol. The number of anilines is 3. The number of carbonyl (C=O) groups is 1. The number of nitrogens with one attached hydrogen (secondary N) is 1. The van der Waals surface area contributed by atoms with Gasteiger partial charge >= 0.3 is 0 Å². The number of ether oxygens (including phenoxy) is 1. The summed E-state index contributed by atoms with van der Waals surface area (Å²) in [4.78, 5) is 19.3. The van der Waals surface area contributed by atoms with Gasteiger partial charge in [-0.1, -0.05) is 29.8 Å². The van der Waals surface area contributed by atoms with Gasteiger partial charge in [0, 0.05) is 23.6 Å². The first-order valence-electron chi connectivity index (χ1n) is 9.04. The van der Waals surface area contributed by atoms with Gasteiger partial charge in [-0.3, -0.25) is 9.78 Å². The van der Waals surface area contributed by atoms with Crippen molar-refractivity contribution in [2.45, 2.75) is 19.4 Å². The highest BCUT2D eigenvalue weighted by atomic mass is 35.5. The standard InChI is InChI=1S/C22H20ClN3O2/c1-14-9-15-5-3-4-6-20(15)26(14)18-10-16(12-24-13-18)22(27)25-17-7-8-21(28-2)19(23)11-17/h3-8,10-14H,9H2,1-2H3,(H,25,27). The van der Waals surface area contributed by atoms with E-state index in [0.29, 0.717) is 28.1 Å². The highest BCUT2D eigenvalue weighted by Crippen LogP contribution is 2.38. The number of fused-ring (bicyclic) bond motifs is 1. The van der Waals surface area contributed by atoms with Crippen LogP contribution in [-0.2, 0) is 6.42 Å². The number of benzene rings is 2. The van der Waals surface area contributed by atoms with Crippen LogP contribution in [0.5, 0.6) is 5.75 Å². The van der Waals surface area contributed by atoms with E-state index in [1.165, 1.54) is 5.56 Å². The fourth-order valence-corrected chi connectivity index (χ4v) is 3.85. The number of para-hydroxylation sites is 1. The number of hydrogen-bond acceptors (Lipinski definition) is 4. The quantitative estimate of drug-likeness (QED) is 0.671. The molecule has 1 unspecified atom stereocenters. The van der Waals surface area contributed by atoms with E-state index in [0.717, 1.165) is 17.8 Å². The van der Waals surface area contributed by atoms with Gasteiger partial charge in [0.05, 0.1) is 29.6 Å². The van der Waals surface area contributed by atoms with Crippen molar-refractivity contribution in [1.82, 2.24) is 4.98 Å². The lowest BCUT2D eigenvalue weighted by Gasteiger charge is -2.25. The third-order valence-corrected chi connectivity index (χ3v) is 5.18. The van der Waals surface area contributed by atoms with E-state index in [4.69, 9.17) is 16.3 Å². The Morgan fingerprint density at radius 3 is 2.82 bits per heavy atom. The molecule has 1 aliphatic rings. The molecule has 1 aromatic heterocycles. The molecule has 5 nitrogen and oxygen atoms in total. The lowest BCUT2D eigenvalue weighted by Crippen LogP contribution is -2.24. The van der Waals surface area contributed by atoms with Gasteiger partial charge in [0.2, 0.25) is 0 Å². The molecule has 1 aliphatic heterocycles. The van der Waals surface area contributed by atoms with Crippen molar-refractivity contribution in [2.75, 3.05) is 17.3 Å². The molecule has 3 aromatic rings. The summed E-state index contributed by atoms with van der Waals surface area (Å²) in [6, 6.07) is 15.6. The minimum absolute atomic E-state index is 0.240. The average molecular weight is 394 g/mol. The normalized spacial score (nSPS) is 15.2. The fraction of sp³-hybridized carbons (Fsp3) is 0.182. The van der Waals surface area contributed by atoms with Gasteiger partial charge in [-0.05, 0) is 49.2 Å². The van der Waals surface area contributed by atoms with E-state index >= 15 is 0 Å². The minimum Gasteiger partial charge on any atom is -0.495 e. The second-order valence-electron chi connectivity index (χ2n) is 6.79. The number of rotatable bonds is 4. The largest absolute Gasteiger partial charge is 0.495 e. The topological polar surface area (TPSA) is 54.5 Å². The molecule has 0 aliphatic carbocycles. The van der Waals surface area contributed by atoms with Crippen LogP contribution in [0.15, 0.2) is 60.9 Å². The van der Waals surface area contributed by atoms with Crippen LogP contribution >= 0.6 is 11.6 Å². The number of amides is 1. The highest BCUT2D eigenvalue weighted by molar-refractivity contribution is 6.32. The zero-order valence-electron chi connectivity index (χ0n) is 15.6. The molecule has 0 saturated carbocycles. The van der Waals surface area contributed by atoms with Crippen LogP contribution in [0, 0.1) is 0 Å². The fourth-order valence-electron chi connectivity index (χ4n) is 3.59. The number of pyridine rings is 1. The average Bonchev–Trinajstić information content (AvgIpc) is 3.04. The molecule has 0 spiro atoms. The first-order valence-corrected chi connectivity index (χ1v) is 9.41. The molecule has 6 heteroatoms. The third kappa shape index (κ3) is 3.41. The summed E-state index contributed by atoms with van der Waals surface area (Å²) in [5, 5.41) is 3.30. The lowest BCUT2D eigenvalue weighted by atomic mass is 10.1. The Hall–Kier alpha value is -3.05. The van der Waals surface area contributed by atoms with Crippen LogP contribution in [0.2, 0.25) is 5.02 Å². The Bertz CT molecular complexity index is 1040. The molecule has 2 aromatic carbocycles. The number of methoxy groups -OCH3 is 1. The number of halogens is 1. The van der Waals surface area contributed by atoms with E-state index < -0.39 is 0 Å². The van der Waals surface area contributed by atoms with Gasteiger partial charge < -0.3 is 15.0 Å². The molecule has 4 rings (SSSR count). The van der Waals surface area contributed by atoms with Crippen LogP contribution in [-0.4, -0.2) is 24.0 Å². The summed E-state index contributed by atoms with van der Waals surface area (Å²) in [5.41, 5.74) is 4.45. The van der Waals surface area contributed by atoms with Crippen molar-refractivity contribution in [1.29, 1.82) is 0 Å². The number of nitrogens with zero attached hydrogens (tertiary/aromatic N) is 2. The maximum atomic E-state index is 12.7. The molecule has 0 fully saturated rings. The Balaban J connectivity index is 1.59. The van der Waals surface area contributed by atoms with Crippen molar-refractivity contribution < 1.29 is 9.53 Å². The van der Waals surface area contributed by atoms with E-state index in [1.54, 1.807) is 37.7 Å². The molecular weight excluding hydrogens is 374 g/mol. The van der Waals surface area contributed by atoms with E-state index in [2.05, 4.69) is 40.3 Å². The van der Waals surface area contributed by atoms with Crippen molar-refractivity contribution in [3.63, 3.8) is 0 Å². The first kappa shape index (κ1) is 18.3. The van der Waals surface area contributed by atoms with Crippen LogP contribution < -0.4 is 15.0 Å². The third-order valence-electron chi connectivity index (χ3n) is 4.88. The summed E-state index contributed by atoms with van der Waals surface area (Å²) in [6.45, 7) is 2.17. The van der Waals surface area contributed by atoms with Gasteiger partial charge in [0.1, 0.15) is 5.75 Å². The molecule has 1 amide bonds. The number of aromatic nitrogens is 1. The summed E-state index contributed by atoms with van der Waals surface area (Å²) >= 11 is 6.14. The predicted molar refractivity (Wildman–Crippen MR) is 112 cm³/mol. The van der Waals surface area contributed by atoms with Crippen LogP contribution in [0.25, 0.3) is 0 Å². The molecule has 28 heavy (non-hydrogen) atoms. The van der Waals surface area contributed by atoms with Crippen LogP contribution in [0.4, 0.5) is 17.1 Å². The maximum Gasteiger partial charge on any atom is 0.257 e. The van der Waals surface area contributed by atoms with Gasteiger partial charge in [0.25, 0.3) is 5.91 Å². The maximum absolute atomic E-state index is 12.7. The zero-order chi connectivity index (χ0) is 19.7. The zero-order valence-corrected chi connectivity index (χ0v) is 16.4. The van der Waals surface area contributed by atoms with Crippen LogP contribution in [0.3, 0.4) is 0 Å². The van der Waals surface area contributed by atoms with Gasteiger partial charge in [-0.25, -0.2) is 0 Å². The molecular formula is C22H20ClN3O2. The van der Waals surface area contributed by atoms with E-state index in [-0.39, 0.29) is 5.91 Å². The van der Waals surface area contributed by atoms with Gasteiger partial charge in [-0.2, -0.15) is 0 Å². The summed E-state index contributed by atoms with van der Waals surface area (Å²) < 4.78 is 5.14. The minimum atomic E-state index is -0.240. The predicted octanol–water partition coefficient (Wildman–Crippen LogP) is 5.08. The second-order valence-corrected chi connectivity index (χ2v) is 7.19. The van der Waals surface area contributed by atoms with Gasteiger partial charge in [-0.15, -0.1) is 0 Å². The summed E-state index contributed by atoms with van der Waals surface area (Å²) in [6.07, 6.45) is 4.33. The highest BCUT2D eigenvalue weighted by Gasteiger charge is 2.27. The Morgan fingerprint density at radius 1 is 1.21 bits per heavy atom. The molecule has 0 saturated heterocycles. The number of hydrogen-bond donors (Lipinski definition) is 1.